The number of benzene rings is 5. The molecule has 3 aliphatic heterocycles. The van der Waals surface area contributed by atoms with Crippen LogP contribution in [0.5, 0.6) is 0 Å². The van der Waals surface area contributed by atoms with Crippen LogP contribution in [-0.4, -0.2) is 18.3 Å². The third kappa shape index (κ3) is 7.93. The highest BCUT2D eigenvalue weighted by atomic mass is 16.7. The van der Waals surface area contributed by atoms with Crippen LogP contribution in [0, 0.1) is 0 Å². The Hall–Kier alpha value is -5.62. The monoisotopic (exact) mass is 913 g/mol. The molecule has 5 aromatic carbocycles. The van der Waals surface area contributed by atoms with Gasteiger partial charge < -0.3 is 9.31 Å². The third-order valence-corrected chi connectivity index (χ3v) is 17.2. The first-order valence-electron chi connectivity index (χ1n) is 25.7. The van der Waals surface area contributed by atoms with E-state index in [-0.39, 0.29) is 27.7 Å². The summed E-state index contributed by atoms with van der Waals surface area (Å²) in [5.41, 5.74) is 18.1. The van der Waals surface area contributed by atoms with Crippen LogP contribution in [0.2, 0.25) is 0 Å². The molecule has 5 heteroatoms. The Morgan fingerprint density at radius 1 is 0.536 bits per heavy atom. The summed E-state index contributed by atoms with van der Waals surface area (Å²) in [5, 5.41) is 0. The summed E-state index contributed by atoms with van der Waals surface area (Å²) in [7, 11) is -0.421. The minimum Gasteiger partial charge on any atom is -0.399 e. The van der Waals surface area contributed by atoms with Gasteiger partial charge in [0.15, 0.2) is 24.5 Å². The fourth-order valence-corrected chi connectivity index (χ4v) is 12.1. The lowest BCUT2D eigenvalue weighted by atomic mass is 9.55. The zero-order chi connectivity index (χ0) is 48.9. The summed E-state index contributed by atoms with van der Waals surface area (Å²) in [6, 6.07) is 53.6. The minimum atomic E-state index is -0.421. The SMILES string of the molecule is CCC1(CC2C[n+]3ccccc3-c3cc(B4OC(C)(C)C(C)(C)O4)ccc32)c2ccc(-c3cc(-c4ccc(C(C)(C)C)cc4)cc(-c4ccc(C(C)(C)C)cc4)c3)cc2-c2cccc[n+]2C1(C)CC. The summed E-state index contributed by atoms with van der Waals surface area (Å²) in [4.78, 5) is 0. The van der Waals surface area contributed by atoms with Gasteiger partial charge in [0.2, 0.25) is 11.4 Å². The van der Waals surface area contributed by atoms with Crippen molar-refractivity contribution in [3.05, 3.63) is 174 Å². The van der Waals surface area contributed by atoms with Gasteiger partial charge in [-0.3, -0.25) is 0 Å². The van der Waals surface area contributed by atoms with Crippen LogP contribution in [0.15, 0.2) is 152 Å². The maximum absolute atomic E-state index is 6.62. The zero-order valence-corrected chi connectivity index (χ0v) is 43.6. The number of nitrogens with zero attached hydrogens (tertiary/aromatic N) is 2. The van der Waals surface area contributed by atoms with Crippen molar-refractivity contribution < 1.29 is 18.4 Å². The Morgan fingerprint density at radius 3 is 1.62 bits per heavy atom. The lowest BCUT2D eigenvalue weighted by Crippen LogP contribution is -2.68. The molecule has 0 saturated carbocycles. The molecular formula is C64H73BN2O2+2. The van der Waals surface area contributed by atoms with Gasteiger partial charge in [0.1, 0.15) is 0 Å². The molecule has 0 spiro atoms. The highest BCUT2D eigenvalue weighted by Gasteiger charge is 2.60. The van der Waals surface area contributed by atoms with E-state index in [1.807, 2.05) is 0 Å². The van der Waals surface area contributed by atoms with Gasteiger partial charge >= 0.3 is 7.12 Å². The normalized spacial score (nSPS) is 21.3. The maximum atomic E-state index is 6.62. The van der Waals surface area contributed by atoms with Gasteiger partial charge in [-0.15, -0.1) is 0 Å². The Bertz CT molecular complexity index is 2990. The Morgan fingerprint density at radius 2 is 1.07 bits per heavy atom. The molecule has 0 amide bonds. The molecule has 0 N–H and O–H groups in total. The standard InChI is InChI=1S/C64H73BN2O2/c1-14-63(13)64(15-2,41-49-42-66-34-18-16-20-57(66)54-40-52(31-32-53(49)54)65-68-61(9,10)62(11,12)69-65)56-33-26-45(39-55(56)58-21-17-19-35-67(58)63)48-37-46(43-22-27-50(28-23-43)59(3,4)5)36-47(38-48)44-24-29-51(30-25-44)60(6,7)8/h16-40,49H,14-15,41-42H2,1-13H3/q+2. The number of rotatable bonds is 8. The van der Waals surface area contributed by atoms with Crippen molar-refractivity contribution in [2.75, 3.05) is 0 Å². The molecule has 3 atom stereocenters. The fraction of sp³-hybridized carbons (Fsp3) is 0.375. The van der Waals surface area contributed by atoms with Crippen molar-refractivity contribution in [1.29, 1.82) is 0 Å². The van der Waals surface area contributed by atoms with Gasteiger partial charge in [-0.05, 0) is 155 Å². The molecule has 0 radical (unpaired) electrons. The molecule has 69 heavy (non-hydrogen) atoms. The number of pyridine rings is 2. The van der Waals surface area contributed by atoms with E-state index in [4.69, 9.17) is 9.31 Å². The summed E-state index contributed by atoms with van der Waals surface area (Å²) in [6.07, 6.45) is 7.64. The molecule has 1 fully saturated rings. The van der Waals surface area contributed by atoms with E-state index >= 15 is 0 Å². The van der Waals surface area contributed by atoms with E-state index < -0.39 is 18.3 Å². The van der Waals surface area contributed by atoms with E-state index in [0.29, 0.717) is 0 Å². The number of hydrogen-bond donors (Lipinski definition) is 0. The quantitative estimate of drug-likeness (QED) is 0.112. The Balaban J connectivity index is 1.11. The van der Waals surface area contributed by atoms with Gasteiger partial charge in [0.25, 0.3) is 0 Å². The van der Waals surface area contributed by atoms with Crippen LogP contribution in [0.4, 0.5) is 0 Å². The zero-order valence-electron chi connectivity index (χ0n) is 43.6. The molecule has 3 unspecified atom stereocenters. The van der Waals surface area contributed by atoms with Crippen LogP contribution in [0.1, 0.15) is 137 Å². The van der Waals surface area contributed by atoms with Gasteiger partial charge in [-0.1, -0.05) is 128 Å². The van der Waals surface area contributed by atoms with Crippen molar-refractivity contribution in [2.24, 2.45) is 0 Å². The molecule has 4 nitrogen and oxygen atoms in total. The van der Waals surface area contributed by atoms with Crippen molar-refractivity contribution in [2.45, 2.75) is 155 Å². The number of hydrogen-bond acceptors (Lipinski definition) is 2. The third-order valence-electron chi connectivity index (χ3n) is 17.2. The highest BCUT2D eigenvalue weighted by molar-refractivity contribution is 6.62. The summed E-state index contributed by atoms with van der Waals surface area (Å²) in [5.74, 6) is 0.269. The van der Waals surface area contributed by atoms with Crippen LogP contribution < -0.4 is 14.6 Å². The first-order chi connectivity index (χ1) is 32.7. The molecule has 352 valence electrons. The molecule has 0 aliphatic carbocycles. The highest BCUT2D eigenvalue weighted by Crippen LogP contribution is 2.56. The van der Waals surface area contributed by atoms with Gasteiger partial charge in [-0.2, -0.15) is 9.13 Å². The summed E-state index contributed by atoms with van der Waals surface area (Å²) in [6.45, 7) is 30.6. The average Bonchev–Trinajstić information content (AvgIpc) is 3.57. The minimum absolute atomic E-state index is 0.0851. The summed E-state index contributed by atoms with van der Waals surface area (Å²) >= 11 is 0. The van der Waals surface area contributed by atoms with Crippen molar-refractivity contribution in [3.8, 4) is 55.9 Å². The molecular weight excluding hydrogens is 840 g/mol. The van der Waals surface area contributed by atoms with Crippen molar-refractivity contribution >= 4 is 12.6 Å². The largest absolute Gasteiger partial charge is 0.494 e. The van der Waals surface area contributed by atoms with E-state index in [1.165, 1.54) is 78.1 Å². The van der Waals surface area contributed by atoms with Crippen LogP contribution >= 0.6 is 0 Å². The second-order valence-electron chi connectivity index (χ2n) is 23.8. The molecule has 0 bridgehead atoms. The van der Waals surface area contributed by atoms with Gasteiger partial charge in [-0.25, -0.2) is 0 Å². The summed E-state index contributed by atoms with van der Waals surface area (Å²) < 4.78 is 18.4. The van der Waals surface area contributed by atoms with E-state index in [9.17, 15) is 0 Å². The molecule has 5 heterocycles. The average molecular weight is 913 g/mol. The van der Waals surface area contributed by atoms with E-state index in [0.717, 1.165) is 31.3 Å². The first-order valence-corrected chi connectivity index (χ1v) is 25.7. The molecule has 3 aliphatic rings. The predicted octanol–water partition coefficient (Wildman–Crippen LogP) is 14.5. The van der Waals surface area contributed by atoms with Crippen molar-refractivity contribution in [1.82, 2.24) is 0 Å². The molecule has 10 rings (SSSR count). The second kappa shape index (κ2) is 16.8. The lowest BCUT2D eigenvalue weighted by Gasteiger charge is -2.49. The second-order valence-corrected chi connectivity index (χ2v) is 23.8. The smallest absolute Gasteiger partial charge is 0.399 e. The predicted molar refractivity (Wildman–Crippen MR) is 287 cm³/mol. The number of aromatic nitrogens is 2. The fourth-order valence-electron chi connectivity index (χ4n) is 12.1. The van der Waals surface area contributed by atoms with Gasteiger partial charge in [0.05, 0.1) is 22.2 Å². The first kappa shape index (κ1) is 47.1. The van der Waals surface area contributed by atoms with Crippen molar-refractivity contribution in [3.63, 3.8) is 0 Å². The van der Waals surface area contributed by atoms with Crippen LogP contribution in [0.3, 0.4) is 0 Å². The Labute approximate surface area is 413 Å². The van der Waals surface area contributed by atoms with E-state index in [1.54, 1.807) is 0 Å². The number of fused-ring (bicyclic) bond motifs is 6. The molecule has 2 aromatic heterocycles. The van der Waals surface area contributed by atoms with Crippen LogP contribution in [0.25, 0.3) is 55.9 Å². The molecule has 7 aromatic rings. The topological polar surface area (TPSA) is 26.2 Å². The van der Waals surface area contributed by atoms with Gasteiger partial charge in [0, 0.05) is 49.1 Å². The maximum Gasteiger partial charge on any atom is 0.494 e. The molecule has 1 saturated heterocycles. The lowest BCUT2D eigenvalue weighted by molar-refractivity contribution is -0.766. The van der Waals surface area contributed by atoms with E-state index in [2.05, 4.69) is 251 Å². The van der Waals surface area contributed by atoms with Crippen LogP contribution in [-0.2, 0) is 37.6 Å². The Kier molecular flexibility index (Phi) is 11.4.